The molecule has 1 aromatic rings. The van der Waals surface area contributed by atoms with Gasteiger partial charge in [0.05, 0.1) is 0 Å². The van der Waals surface area contributed by atoms with Gasteiger partial charge in [0.2, 0.25) is 0 Å². The van der Waals surface area contributed by atoms with E-state index in [0.717, 1.165) is 25.1 Å². The first kappa shape index (κ1) is 11.4. The molecule has 0 unspecified atom stereocenters. The Labute approximate surface area is 87.1 Å². The largest absolute Gasteiger partial charge is 0.313 e. The van der Waals surface area contributed by atoms with Crippen LogP contribution in [0.25, 0.3) is 0 Å². The van der Waals surface area contributed by atoms with Crippen LogP contribution in [0.5, 0.6) is 0 Å². The number of hydrogen-bond acceptors (Lipinski definition) is 1. The minimum Gasteiger partial charge on any atom is -0.313 e. The summed E-state index contributed by atoms with van der Waals surface area (Å²) in [4.78, 5) is 0. The molecule has 1 rings (SSSR count). The fourth-order valence-electron chi connectivity index (χ4n) is 1.10. The van der Waals surface area contributed by atoms with Crippen molar-refractivity contribution in [2.45, 2.75) is 19.9 Å². The smallest absolute Gasteiger partial charge is 0.160 e. The van der Waals surface area contributed by atoms with Crippen LogP contribution < -0.4 is 5.32 Å². The van der Waals surface area contributed by atoms with Crippen molar-refractivity contribution in [3.8, 4) is 0 Å². The monoisotopic (exact) mass is 219 g/mol. The summed E-state index contributed by atoms with van der Waals surface area (Å²) in [5.74, 6) is -1.77. The van der Waals surface area contributed by atoms with E-state index in [1.165, 1.54) is 0 Å². The van der Waals surface area contributed by atoms with Gasteiger partial charge in [-0.15, -0.1) is 0 Å². The van der Waals surface area contributed by atoms with E-state index in [-0.39, 0.29) is 5.02 Å². The lowest BCUT2D eigenvalue weighted by molar-refractivity contribution is 0.506. The average molecular weight is 220 g/mol. The highest BCUT2D eigenvalue weighted by Crippen LogP contribution is 2.19. The molecular weight excluding hydrogens is 208 g/mol. The third kappa shape index (κ3) is 2.93. The zero-order valence-corrected chi connectivity index (χ0v) is 8.67. The van der Waals surface area contributed by atoms with E-state index in [1.54, 1.807) is 0 Å². The van der Waals surface area contributed by atoms with Crippen LogP contribution in [0.1, 0.15) is 18.9 Å². The summed E-state index contributed by atoms with van der Waals surface area (Å²) in [6.45, 7) is 3.32. The van der Waals surface area contributed by atoms with Gasteiger partial charge in [-0.25, -0.2) is 8.78 Å². The van der Waals surface area contributed by atoms with E-state index in [0.29, 0.717) is 12.1 Å². The highest BCUT2D eigenvalue weighted by Gasteiger charge is 2.07. The molecule has 0 fully saturated rings. The molecule has 78 valence electrons. The second-order valence-electron chi connectivity index (χ2n) is 3.03. The van der Waals surface area contributed by atoms with Crippen molar-refractivity contribution >= 4 is 11.6 Å². The number of halogens is 3. The van der Waals surface area contributed by atoms with Gasteiger partial charge in [-0.3, -0.25) is 0 Å². The van der Waals surface area contributed by atoms with Crippen LogP contribution in [0.4, 0.5) is 8.78 Å². The van der Waals surface area contributed by atoms with Gasteiger partial charge in [-0.1, -0.05) is 18.5 Å². The van der Waals surface area contributed by atoms with Crippen molar-refractivity contribution in [1.82, 2.24) is 5.32 Å². The molecule has 0 amide bonds. The Hall–Kier alpha value is -0.670. The first-order valence-corrected chi connectivity index (χ1v) is 4.87. The molecule has 0 aromatic heterocycles. The average Bonchev–Trinajstić information content (AvgIpc) is 2.14. The molecule has 0 bridgehead atoms. The van der Waals surface area contributed by atoms with Crippen LogP contribution >= 0.6 is 11.6 Å². The third-order valence-electron chi connectivity index (χ3n) is 1.83. The zero-order chi connectivity index (χ0) is 10.6. The zero-order valence-electron chi connectivity index (χ0n) is 7.91. The molecule has 0 radical (unpaired) electrons. The molecule has 14 heavy (non-hydrogen) atoms. The highest BCUT2D eigenvalue weighted by molar-refractivity contribution is 6.31. The summed E-state index contributed by atoms with van der Waals surface area (Å²) in [7, 11) is 0. The lowest BCUT2D eigenvalue weighted by Gasteiger charge is -2.06. The maximum Gasteiger partial charge on any atom is 0.160 e. The Morgan fingerprint density at radius 3 is 2.57 bits per heavy atom. The molecule has 0 saturated heterocycles. The molecule has 0 atom stereocenters. The molecular formula is C10H12ClF2N. The topological polar surface area (TPSA) is 12.0 Å². The standard InChI is InChI=1S/C10H12ClF2N/c1-2-3-14-6-7-4-9(12)10(13)5-8(7)11/h4-5,14H,2-3,6H2,1H3. The van der Waals surface area contributed by atoms with E-state index in [2.05, 4.69) is 5.32 Å². The fourth-order valence-corrected chi connectivity index (χ4v) is 1.32. The van der Waals surface area contributed by atoms with Gasteiger partial charge in [0.15, 0.2) is 11.6 Å². The van der Waals surface area contributed by atoms with Gasteiger partial charge < -0.3 is 5.32 Å². The second-order valence-corrected chi connectivity index (χ2v) is 3.44. The highest BCUT2D eigenvalue weighted by atomic mass is 35.5. The molecule has 0 aliphatic heterocycles. The Bertz CT molecular complexity index is 315. The fraction of sp³-hybridized carbons (Fsp3) is 0.400. The van der Waals surface area contributed by atoms with Gasteiger partial charge in [-0.05, 0) is 30.7 Å². The third-order valence-corrected chi connectivity index (χ3v) is 2.18. The minimum absolute atomic E-state index is 0.257. The van der Waals surface area contributed by atoms with Crippen LogP contribution in [0, 0.1) is 11.6 Å². The van der Waals surface area contributed by atoms with Crippen molar-refractivity contribution < 1.29 is 8.78 Å². The van der Waals surface area contributed by atoms with Crippen molar-refractivity contribution in [3.63, 3.8) is 0 Å². The van der Waals surface area contributed by atoms with Gasteiger partial charge in [-0.2, -0.15) is 0 Å². The quantitative estimate of drug-likeness (QED) is 0.606. The molecule has 1 nitrogen and oxygen atoms in total. The predicted molar refractivity (Wildman–Crippen MR) is 53.4 cm³/mol. The Balaban J connectivity index is 2.72. The number of benzene rings is 1. The van der Waals surface area contributed by atoms with Crippen molar-refractivity contribution in [1.29, 1.82) is 0 Å². The number of hydrogen-bond donors (Lipinski definition) is 1. The lowest BCUT2D eigenvalue weighted by atomic mass is 10.2. The lowest BCUT2D eigenvalue weighted by Crippen LogP contribution is -2.14. The number of nitrogens with one attached hydrogen (secondary N) is 1. The molecule has 1 aromatic carbocycles. The molecule has 0 saturated carbocycles. The van der Waals surface area contributed by atoms with E-state index in [1.807, 2.05) is 6.92 Å². The van der Waals surface area contributed by atoms with Crippen LogP contribution in [-0.2, 0) is 6.54 Å². The van der Waals surface area contributed by atoms with E-state index in [9.17, 15) is 8.78 Å². The van der Waals surface area contributed by atoms with Gasteiger partial charge in [0, 0.05) is 11.6 Å². The van der Waals surface area contributed by atoms with Crippen LogP contribution in [0.2, 0.25) is 5.02 Å². The molecule has 0 spiro atoms. The van der Waals surface area contributed by atoms with Gasteiger partial charge >= 0.3 is 0 Å². The van der Waals surface area contributed by atoms with E-state index >= 15 is 0 Å². The van der Waals surface area contributed by atoms with Gasteiger partial charge in [0.1, 0.15) is 0 Å². The maximum atomic E-state index is 12.8. The van der Waals surface area contributed by atoms with Crippen molar-refractivity contribution in [2.24, 2.45) is 0 Å². The molecule has 0 aliphatic carbocycles. The summed E-state index contributed by atoms with van der Waals surface area (Å²) in [5, 5.41) is 3.32. The second kappa shape index (κ2) is 5.27. The summed E-state index contributed by atoms with van der Waals surface area (Å²) in [6, 6.07) is 2.13. The molecule has 1 N–H and O–H groups in total. The summed E-state index contributed by atoms with van der Waals surface area (Å²) >= 11 is 5.73. The van der Waals surface area contributed by atoms with Crippen LogP contribution in [0.15, 0.2) is 12.1 Å². The van der Waals surface area contributed by atoms with Crippen molar-refractivity contribution in [3.05, 3.63) is 34.4 Å². The van der Waals surface area contributed by atoms with Crippen LogP contribution in [0.3, 0.4) is 0 Å². The summed E-state index contributed by atoms with van der Waals surface area (Å²) in [5.41, 5.74) is 0.582. The molecule has 0 aliphatic rings. The van der Waals surface area contributed by atoms with Crippen LogP contribution in [-0.4, -0.2) is 6.54 Å². The Morgan fingerprint density at radius 2 is 1.93 bits per heavy atom. The minimum atomic E-state index is -0.908. The maximum absolute atomic E-state index is 12.8. The summed E-state index contributed by atoms with van der Waals surface area (Å²) < 4.78 is 25.5. The SMILES string of the molecule is CCCNCc1cc(F)c(F)cc1Cl. The van der Waals surface area contributed by atoms with E-state index in [4.69, 9.17) is 11.6 Å². The Kier molecular flexibility index (Phi) is 4.29. The molecule has 4 heteroatoms. The number of rotatable bonds is 4. The predicted octanol–water partition coefficient (Wildman–Crippen LogP) is 3.12. The Morgan fingerprint density at radius 1 is 1.29 bits per heavy atom. The molecule has 0 heterocycles. The van der Waals surface area contributed by atoms with Gasteiger partial charge in [0.25, 0.3) is 0 Å². The first-order chi connectivity index (χ1) is 6.65. The van der Waals surface area contributed by atoms with E-state index < -0.39 is 11.6 Å². The summed E-state index contributed by atoms with van der Waals surface area (Å²) in [6.07, 6.45) is 0.987. The normalized spacial score (nSPS) is 10.6. The van der Waals surface area contributed by atoms with Crippen molar-refractivity contribution in [2.75, 3.05) is 6.54 Å². The first-order valence-electron chi connectivity index (χ1n) is 4.49.